The van der Waals surface area contributed by atoms with Crippen molar-refractivity contribution in [2.75, 3.05) is 11.9 Å². The van der Waals surface area contributed by atoms with E-state index in [2.05, 4.69) is 10.3 Å². The lowest BCUT2D eigenvalue weighted by molar-refractivity contribution is -0.593. The Labute approximate surface area is 68.4 Å². The predicted molar refractivity (Wildman–Crippen MR) is 40.4 cm³/mol. The summed E-state index contributed by atoms with van der Waals surface area (Å²) in [6, 6.07) is 0. The molecule has 0 aliphatic carbocycles. The molecule has 0 bridgehead atoms. The van der Waals surface area contributed by atoms with E-state index in [-0.39, 0.29) is 0 Å². The van der Waals surface area contributed by atoms with Crippen LogP contribution in [0.15, 0.2) is 6.33 Å². The molecule has 0 spiro atoms. The molecule has 0 saturated heterocycles. The average molecular weight is 172 g/mol. The molecule has 58 valence electrons. The second-order valence-corrected chi connectivity index (χ2v) is 2.72. The Kier molecular flexibility index (Phi) is 1.35. The van der Waals surface area contributed by atoms with E-state index in [1.807, 2.05) is 0 Å². The molecule has 5 heteroatoms. The van der Waals surface area contributed by atoms with Crippen LogP contribution < -0.4 is 10.0 Å². The molecule has 1 aliphatic rings. The Morgan fingerprint density at radius 1 is 1.73 bits per heavy atom. The quantitative estimate of drug-likeness (QED) is 0.348. The Morgan fingerprint density at radius 3 is 3.27 bits per heavy atom. The van der Waals surface area contributed by atoms with Crippen LogP contribution in [-0.2, 0) is 6.42 Å². The highest BCUT2D eigenvalue weighted by Crippen LogP contribution is 2.22. The lowest BCUT2D eigenvalue weighted by Gasteiger charge is -2.06. The maximum atomic E-state index is 11.0. The number of hydrogen-bond acceptors (Lipinski definition) is 3. The van der Waals surface area contributed by atoms with Crippen LogP contribution in [0.5, 0.6) is 0 Å². The molecule has 11 heavy (non-hydrogen) atoms. The number of fused-ring (bicyclic) bond motifs is 1. The first-order valence-electron chi connectivity index (χ1n) is 3.29. The van der Waals surface area contributed by atoms with Gasteiger partial charge in [0, 0.05) is 6.42 Å². The molecule has 0 unspecified atom stereocenters. The van der Waals surface area contributed by atoms with Gasteiger partial charge in [0.2, 0.25) is 17.3 Å². The molecule has 0 atom stereocenters. The van der Waals surface area contributed by atoms with Gasteiger partial charge in [0.1, 0.15) is 0 Å². The Bertz CT molecular complexity index is 273. The highest BCUT2D eigenvalue weighted by Gasteiger charge is 2.21. The minimum absolute atomic E-state index is 0.428. The van der Waals surface area contributed by atoms with Crippen molar-refractivity contribution in [2.45, 2.75) is 6.42 Å². The number of aromatic nitrogens is 2. The van der Waals surface area contributed by atoms with Gasteiger partial charge in [-0.2, -0.15) is 0 Å². The van der Waals surface area contributed by atoms with Crippen molar-refractivity contribution in [3.8, 4) is 0 Å². The van der Waals surface area contributed by atoms with Crippen molar-refractivity contribution in [3.05, 3.63) is 22.3 Å². The van der Waals surface area contributed by atoms with Crippen LogP contribution in [0.25, 0.3) is 0 Å². The van der Waals surface area contributed by atoms with Crippen LogP contribution in [0, 0.1) is 5.21 Å². The number of nitrogens with zero attached hydrogens (tertiary/aromatic N) is 2. The Balaban J connectivity index is 2.64. The van der Waals surface area contributed by atoms with Gasteiger partial charge in [-0.25, -0.2) is 0 Å². The molecular formula is C6H6ClN3O. The minimum Gasteiger partial charge on any atom is -0.740 e. The average Bonchev–Trinajstić information content (AvgIpc) is 2.45. The van der Waals surface area contributed by atoms with Crippen molar-refractivity contribution >= 4 is 17.4 Å². The van der Waals surface area contributed by atoms with Crippen LogP contribution in [0.2, 0.25) is 5.15 Å². The van der Waals surface area contributed by atoms with Gasteiger partial charge in [0.05, 0.1) is 12.1 Å². The van der Waals surface area contributed by atoms with Crippen molar-refractivity contribution in [1.82, 2.24) is 4.98 Å². The van der Waals surface area contributed by atoms with E-state index in [1.54, 1.807) is 0 Å². The molecule has 1 aromatic rings. The molecule has 0 saturated carbocycles. The van der Waals surface area contributed by atoms with Crippen molar-refractivity contribution < 1.29 is 4.73 Å². The fourth-order valence-corrected chi connectivity index (χ4v) is 1.41. The van der Waals surface area contributed by atoms with Crippen LogP contribution in [0.4, 0.5) is 5.82 Å². The Morgan fingerprint density at radius 2 is 2.55 bits per heavy atom. The molecule has 0 amide bonds. The van der Waals surface area contributed by atoms with Crippen LogP contribution in [-0.4, -0.2) is 11.5 Å². The van der Waals surface area contributed by atoms with Gasteiger partial charge in [-0.05, 0) is 11.6 Å². The first-order valence-corrected chi connectivity index (χ1v) is 3.67. The van der Waals surface area contributed by atoms with Crippen LogP contribution >= 0.6 is 11.6 Å². The summed E-state index contributed by atoms with van der Waals surface area (Å²) < 4.78 is 0.703. The maximum absolute atomic E-state index is 11.0. The summed E-state index contributed by atoms with van der Waals surface area (Å²) in [6.07, 6.45) is 1.95. The van der Waals surface area contributed by atoms with E-state index in [0.717, 1.165) is 18.5 Å². The summed E-state index contributed by atoms with van der Waals surface area (Å²) in [6.45, 7) is 0.767. The monoisotopic (exact) mass is 171 g/mol. The second kappa shape index (κ2) is 2.23. The smallest absolute Gasteiger partial charge is 0.229 e. The van der Waals surface area contributed by atoms with Gasteiger partial charge in [-0.3, -0.25) is 4.73 Å². The first-order chi connectivity index (χ1) is 5.29. The SMILES string of the molecule is [O-][n+]1cnc(Cl)c2c1NCC2. The van der Waals surface area contributed by atoms with E-state index < -0.39 is 0 Å². The highest BCUT2D eigenvalue weighted by atomic mass is 35.5. The zero-order valence-electron chi connectivity index (χ0n) is 5.67. The summed E-state index contributed by atoms with van der Waals surface area (Å²) in [5, 5.41) is 14.4. The molecule has 4 nitrogen and oxygen atoms in total. The fraction of sp³-hybridized carbons (Fsp3) is 0.333. The summed E-state index contributed by atoms with van der Waals surface area (Å²) >= 11 is 5.74. The number of anilines is 1. The molecule has 1 aliphatic heterocycles. The third-order valence-electron chi connectivity index (χ3n) is 1.70. The fourth-order valence-electron chi connectivity index (χ4n) is 1.18. The molecule has 1 aromatic heterocycles. The van der Waals surface area contributed by atoms with E-state index in [4.69, 9.17) is 11.6 Å². The Hall–Kier alpha value is -1.03. The third kappa shape index (κ3) is 0.903. The largest absolute Gasteiger partial charge is 0.740 e. The number of rotatable bonds is 0. The first kappa shape index (κ1) is 6.67. The van der Waals surface area contributed by atoms with E-state index >= 15 is 0 Å². The number of hydrogen-bond donors (Lipinski definition) is 1. The predicted octanol–water partition coefficient (Wildman–Crippen LogP) is 0.336. The van der Waals surface area contributed by atoms with Crippen molar-refractivity contribution in [2.24, 2.45) is 0 Å². The van der Waals surface area contributed by atoms with Crippen LogP contribution in [0.1, 0.15) is 5.56 Å². The zero-order chi connectivity index (χ0) is 7.84. The van der Waals surface area contributed by atoms with Gasteiger partial charge in [-0.15, -0.1) is 0 Å². The lowest BCUT2D eigenvalue weighted by Crippen LogP contribution is -2.30. The summed E-state index contributed by atoms with van der Waals surface area (Å²) in [4.78, 5) is 3.73. The molecule has 2 rings (SSSR count). The van der Waals surface area contributed by atoms with Gasteiger partial charge in [0.25, 0.3) is 0 Å². The summed E-state index contributed by atoms with van der Waals surface area (Å²) in [7, 11) is 0. The van der Waals surface area contributed by atoms with Crippen LogP contribution in [0.3, 0.4) is 0 Å². The second-order valence-electron chi connectivity index (χ2n) is 2.37. The van der Waals surface area contributed by atoms with Crippen molar-refractivity contribution in [1.29, 1.82) is 0 Å². The summed E-state index contributed by atoms with van der Waals surface area (Å²) in [5.74, 6) is 0.546. The molecule has 2 heterocycles. The maximum Gasteiger partial charge on any atom is 0.229 e. The van der Waals surface area contributed by atoms with Gasteiger partial charge in [0.15, 0.2) is 0 Å². The normalized spacial score (nSPS) is 14.3. The highest BCUT2D eigenvalue weighted by molar-refractivity contribution is 6.30. The molecular weight excluding hydrogens is 166 g/mol. The zero-order valence-corrected chi connectivity index (χ0v) is 6.43. The van der Waals surface area contributed by atoms with E-state index in [1.165, 1.54) is 6.33 Å². The van der Waals surface area contributed by atoms with Gasteiger partial charge in [-0.1, -0.05) is 4.98 Å². The molecule has 0 aromatic carbocycles. The molecule has 0 fully saturated rings. The lowest BCUT2D eigenvalue weighted by atomic mass is 10.3. The molecule has 0 radical (unpaired) electrons. The number of halogens is 1. The summed E-state index contributed by atoms with van der Waals surface area (Å²) in [5.41, 5.74) is 0.823. The number of nitrogens with one attached hydrogen (secondary N) is 1. The minimum atomic E-state index is 0.428. The van der Waals surface area contributed by atoms with Gasteiger partial charge >= 0.3 is 0 Å². The van der Waals surface area contributed by atoms with Crippen molar-refractivity contribution in [3.63, 3.8) is 0 Å². The van der Waals surface area contributed by atoms with Gasteiger partial charge < -0.3 is 10.5 Å². The standard InChI is InChI=1S/C6H6ClN3O/c7-5-4-1-2-8-6(4)10(11)3-9-5/h3,8H,1-2H2. The topological polar surface area (TPSA) is 51.9 Å². The molecule has 1 N–H and O–H groups in total. The third-order valence-corrected chi connectivity index (χ3v) is 2.02. The van der Waals surface area contributed by atoms with E-state index in [0.29, 0.717) is 15.7 Å². The van der Waals surface area contributed by atoms with E-state index in [9.17, 15) is 5.21 Å².